The summed E-state index contributed by atoms with van der Waals surface area (Å²) < 4.78 is 34.4. The molecule has 0 saturated heterocycles. The van der Waals surface area contributed by atoms with E-state index in [-0.39, 0.29) is 0 Å². The average molecular weight is 774 g/mol. The van der Waals surface area contributed by atoms with E-state index in [1.54, 1.807) is 65.5 Å². The van der Waals surface area contributed by atoms with Gasteiger partial charge in [0.1, 0.15) is 0 Å². The van der Waals surface area contributed by atoms with Crippen LogP contribution in [0, 0.1) is 0 Å². The van der Waals surface area contributed by atoms with Crippen molar-refractivity contribution in [1.29, 1.82) is 0 Å². The van der Waals surface area contributed by atoms with E-state index >= 15 is 0 Å². The molecule has 0 aromatic rings. The molecule has 0 radical (unpaired) electrons. The SMILES string of the molecule is C[Si](C)(C)O[Si](C)(C)O[Si](C)(C)C.C[Si](C)(O)O[Si](C)(C)O[Si](C)(C)O.C[Si](C)(O[Si](C)(C)C(=O)O)O[Si](C)(C)C(=O)O. The molecule has 0 amide bonds. The molecule has 0 rings (SSSR count). The van der Waals surface area contributed by atoms with Crippen molar-refractivity contribution in [1.82, 2.24) is 0 Å². The van der Waals surface area contributed by atoms with Crippen molar-refractivity contribution in [2.45, 2.75) is 131 Å². The van der Waals surface area contributed by atoms with Gasteiger partial charge in [0.15, 0.2) is 16.6 Å². The van der Waals surface area contributed by atoms with E-state index in [0.29, 0.717) is 0 Å². The van der Waals surface area contributed by atoms with Crippen LogP contribution in [-0.4, -0.2) is 107 Å². The highest BCUT2D eigenvalue weighted by Gasteiger charge is 2.46. The Bertz CT molecular complexity index is 780. The van der Waals surface area contributed by atoms with Gasteiger partial charge in [-0.05, 0) is 131 Å². The van der Waals surface area contributed by atoms with E-state index < -0.39 is 87.3 Å². The van der Waals surface area contributed by atoms with Gasteiger partial charge in [-0.3, -0.25) is 9.59 Å². The minimum atomic E-state index is -2.87. The first-order chi connectivity index (χ1) is 18.1. The molecule has 0 aromatic heterocycles. The summed E-state index contributed by atoms with van der Waals surface area (Å²) >= 11 is 0. The molecule has 0 saturated carbocycles. The smallest absolute Gasteiger partial charge is 0.320 e. The predicted molar refractivity (Wildman–Crippen MR) is 196 cm³/mol. The largest absolute Gasteiger partial charge is 0.484 e. The fraction of sp³-hybridized carbons (Fsp3) is 0.909. The van der Waals surface area contributed by atoms with Crippen LogP contribution in [0.25, 0.3) is 0 Å². The number of hydrogen-bond donors (Lipinski definition) is 4. The third kappa shape index (κ3) is 29.7. The Hall–Kier alpha value is 0.572. The fourth-order valence-electron chi connectivity index (χ4n) is 4.06. The first-order valence-corrected chi connectivity index (χ1v) is 41.0. The molecule has 0 aliphatic heterocycles. The third-order valence-electron chi connectivity index (χ3n) is 4.13. The first kappa shape index (κ1) is 48.0. The minimum absolute atomic E-state index is 0.962. The van der Waals surface area contributed by atoms with Crippen molar-refractivity contribution in [2.75, 3.05) is 0 Å². The summed E-state index contributed by atoms with van der Waals surface area (Å²) in [6.07, 6.45) is 0. The van der Waals surface area contributed by atoms with E-state index in [1.807, 2.05) is 13.1 Å². The standard InChI is InChI=1S/C8H20O6Si3.C8H24O2Si3.C6H20O4Si3/c1-15(2,7(9)10)13-17(5,6)14-16(3,4)8(11)12;1-11(2,3)9-13(7,8)10-12(4,5)6;1-11(2,7)9-13(5,6)10-12(3,4)8/h1-6H3,(H,9,10)(H,11,12);1-8H3;7-8H,1-6H3. The molecule has 0 aliphatic rings. The van der Waals surface area contributed by atoms with Gasteiger partial charge in [0.05, 0.1) is 0 Å². The summed E-state index contributed by atoms with van der Waals surface area (Å²) in [5.74, 6) is 0. The van der Waals surface area contributed by atoms with Gasteiger partial charge in [-0.2, -0.15) is 0 Å². The van der Waals surface area contributed by atoms with E-state index in [4.69, 9.17) is 34.9 Å². The highest BCUT2D eigenvalue weighted by Crippen LogP contribution is 2.22. The second-order valence-corrected chi connectivity index (χ2v) is 50.0. The lowest BCUT2D eigenvalue weighted by molar-refractivity contribution is 0.210. The Morgan fingerprint density at radius 2 is 0.558 bits per heavy atom. The average Bonchev–Trinajstić information content (AvgIpc) is 2.50. The summed E-state index contributed by atoms with van der Waals surface area (Å²) in [7, 11) is -20.6. The van der Waals surface area contributed by atoms with Crippen LogP contribution in [0.1, 0.15) is 0 Å². The molecular formula is C22H64O12Si9. The second kappa shape index (κ2) is 16.6. The Morgan fingerprint density at radius 3 is 0.721 bits per heavy atom. The van der Waals surface area contributed by atoms with Gasteiger partial charge in [0, 0.05) is 0 Å². The molecule has 0 heterocycles. The lowest BCUT2D eigenvalue weighted by atomic mass is 11.6. The van der Waals surface area contributed by atoms with Crippen molar-refractivity contribution in [3.63, 3.8) is 0 Å². The summed E-state index contributed by atoms with van der Waals surface area (Å²) in [6, 6.07) is 0. The Balaban J connectivity index is -0.000000566. The summed E-state index contributed by atoms with van der Waals surface area (Å²) in [4.78, 5) is 41.1. The molecule has 12 nitrogen and oxygen atoms in total. The minimum Gasteiger partial charge on any atom is -0.484 e. The molecular weight excluding hydrogens is 709 g/mol. The van der Waals surface area contributed by atoms with Crippen LogP contribution in [-0.2, 0) is 24.7 Å². The Morgan fingerprint density at radius 1 is 0.372 bits per heavy atom. The van der Waals surface area contributed by atoms with Gasteiger partial charge < -0.3 is 44.5 Å². The van der Waals surface area contributed by atoms with Crippen LogP contribution < -0.4 is 0 Å². The Kier molecular flexibility index (Phi) is 18.5. The highest BCUT2D eigenvalue weighted by molar-refractivity contribution is 7.06. The third-order valence-corrected chi connectivity index (χ3v) is 31.0. The molecule has 0 unspecified atom stereocenters. The molecule has 0 aromatic carbocycles. The molecule has 43 heavy (non-hydrogen) atoms. The highest BCUT2D eigenvalue weighted by atomic mass is 28.5. The van der Waals surface area contributed by atoms with Gasteiger partial charge in [-0.1, -0.05) is 0 Å². The molecule has 0 atom stereocenters. The van der Waals surface area contributed by atoms with Gasteiger partial charge in [0.2, 0.25) is 0 Å². The zero-order valence-corrected chi connectivity index (χ0v) is 39.6. The second-order valence-electron chi connectivity index (χ2n) is 15.6. The van der Waals surface area contributed by atoms with E-state index in [1.165, 1.54) is 0 Å². The molecule has 4 N–H and O–H groups in total. The molecule has 0 spiro atoms. The zero-order chi connectivity index (χ0) is 35.9. The van der Waals surface area contributed by atoms with Crippen LogP contribution in [0.3, 0.4) is 0 Å². The van der Waals surface area contributed by atoms with Crippen LogP contribution in [0.4, 0.5) is 9.59 Å². The quantitative estimate of drug-likeness (QED) is 0.132. The van der Waals surface area contributed by atoms with Crippen LogP contribution in [0.15, 0.2) is 0 Å². The first-order valence-electron chi connectivity index (χ1n) is 14.3. The van der Waals surface area contributed by atoms with Crippen LogP contribution >= 0.6 is 0 Å². The number of carboxylic acid groups (broad SMARTS) is 2. The van der Waals surface area contributed by atoms with Crippen molar-refractivity contribution in [2.24, 2.45) is 0 Å². The van der Waals surface area contributed by atoms with Crippen molar-refractivity contribution >= 4 is 87.3 Å². The lowest BCUT2D eigenvalue weighted by Crippen LogP contribution is -2.57. The van der Waals surface area contributed by atoms with Crippen LogP contribution in [0.5, 0.6) is 0 Å². The van der Waals surface area contributed by atoms with Crippen molar-refractivity contribution < 1.29 is 54.1 Å². The van der Waals surface area contributed by atoms with E-state index in [0.717, 1.165) is 0 Å². The van der Waals surface area contributed by atoms with Crippen molar-refractivity contribution in [3.8, 4) is 0 Å². The number of hydrogen-bond acceptors (Lipinski definition) is 10. The van der Waals surface area contributed by atoms with Gasteiger partial charge in [-0.15, -0.1) is 0 Å². The van der Waals surface area contributed by atoms with Gasteiger partial charge in [-0.25, -0.2) is 0 Å². The van der Waals surface area contributed by atoms with Crippen molar-refractivity contribution in [3.05, 3.63) is 0 Å². The van der Waals surface area contributed by atoms with Gasteiger partial charge in [0.25, 0.3) is 11.2 Å². The molecule has 0 aliphatic carbocycles. The predicted octanol–water partition coefficient (Wildman–Crippen LogP) is 7.15. The normalized spacial score (nSPS) is 14.3. The van der Waals surface area contributed by atoms with E-state index in [9.17, 15) is 19.2 Å². The van der Waals surface area contributed by atoms with Gasteiger partial charge >= 0.3 is 59.4 Å². The monoisotopic (exact) mass is 772 g/mol. The maximum absolute atomic E-state index is 11.0. The Labute approximate surface area is 271 Å². The fourth-order valence-corrected chi connectivity index (χ4v) is 37.6. The van der Waals surface area contributed by atoms with Crippen LogP contribution in [0.2, 0.25) is 131 Å². The molecule has 0 bridgehead atoms. The molecule has 21 heteroatoms. The molecule has 0 fully saturated rings. The number of carbonyl (C=O) groups is 2. The molecule has 260 valence electrons. The summed E-state index contributed by atoms with van der Waals surface area (Å²) in [5.41, 5.74) is -1.92. The van der Waals surface area contributed by atoms with E-state index in [2.05, 4.69) is 52.4 Å². The summed E-state index contributed by atoms with van der Waals surface area (Å²) in [5, 5.41) is 18.0. The zero-order valence-electron chi connectivity index (χ0n) is 30.6. The lowest BCUT2D eigenvalue weighted by Gasteiger charge is -2.35. The maximum atomic E-state index is 11.0. The topological polar surface area (TPSA) is 170 Å². The maximum Gasteiger partial charge on any atom is 0.320 e. The number of rotatable bonds is 14. The summed E-state index contributed by atoms with van der Waals surface area (Å²) in [6.45, 7) is 37.7.